The Labute approximate surface area is 147 Å². The van der Waals surface area contributed by atoms with Crippen LogP contribution in [0.5, 0.6) is 5.75 Å². The minimum absolute atomic E-state index is 0.0331. The van der Waals surface area contributed by atoms with Crippen molar-refractivity contribution in [2.45, 2.75) is 19.8 Å². The molecule has 0 radical (unpaired) electrons. The third-order valence-corrected chi connectivity index (χ3v) is 5.01. The van der Waals surface area contributed by atoms with Crippen LogP contribution >= 0.6 is 0 Å². The highest BCUT2D eigenvalue weighted by Gasteiger charge is 2.24. The van der Waals surface area contributed by atoms with Gasteiger partial charge in [-0.3, -0.25) is 0 Å². The maximum Gasteiger partial charge on any atom is 0.119 e. The van der Waals surface area contributed by atoms with Gasteiger partial charge >= 0.3 is 0 Å². The van der Waals surface area contributed by atoms with Gasteiger partial charge in [-0.25, -0.2) is 0 Å². The Kier molecular flexibility index (Phi) is 3.81. The van der Waals surface area contributed by atoms with Crippen LogP contribution in [0.2, 0.25) is 0 Å². The predicted molar refractivity (Wildman–Crippen MR) is 103 cm³/mol. The summed E-state index contributed by atoms with van der Waals surface area (Å²) in [5.74, 6) is 0.292. The molecule has 25 heavy (non-hydrogen) atoms. The average molecular weight is 327 g/mol. The molecule has 0 aliphatic rings. The van der Waals surface area contributed by atoms with Gasteiger partial charge in [-0.2, -0.15) is 0 Å². The van der Waals surface area contributed by atoms with Gasteiger partial charge in [0.1, 0.15) is 5.75 Å². The number of aromatic hydroxyl groups is 1. The van der Waals surface area contributed by atoms with Crippen molar-refractivity contribution in [3.63, 3.8) is 0 Å². The number of aromatic amines is 1. The second-order valence-corrected chi connectivity index (χ2v) is 6.56. The third kappa shape index (κ3) is 2.60. The minimum atomic E-state index is -0.0331. The number of phenols is 1. The number of para-hydroxylation sites is 2. The molecule has 0 spiro atoms. The van der Waals surface area contributed by atoms with Crippen molar-refractivity contribution in [1.29, 1.82) is 0 Å². The zero-order chi connectivity index (χ0) is 17.4. The van der Waals surface area contributed by atoms with Crippen LogP contribution in [0.15, 0.2) is 72.8 Å². The highest BCUT2D eigenvalue weighted by molar-refractivity contribution is 5.87. The molecule has 2 heteroatoms. The number of phenolic OH excluding ortho intramolecular Hbond substituents is 1. The third-order valence-electron chi connectivity index (χ3n) is 5.01. The van der Waals surface area contributed by atoms with Crippen molar-refractivity contribution in [1.82, 2.24) is 4.98 Å². The summed E-state index contributed by atoms with van der Waals surface area (Å²) in [5.41, 5.74) is 6.85. The monoisotopic (exact) mass is 327 g/mol. The molecule has 0 saturated carbocycles. The highest BCUT2D eigenvalue weighted by atomic mass is 16.3. The van der Waals surface area contributed by atoms with Gasteiger partial charge < -0.3 is 10.1 Å². The normalized spacial score (nSPS) is 12.4. The van der Waals surface area contributed by atoms with Crippen molar-refractivity contribution < 1.29 is 5.11 Å². The van der Waals surface area contributed by atoms with Crippen LogP contribution in [0.1, 0.15) is 33.9 Å². The van der Waals surface area contributed by atoms with Gasteiger partial charge in [-0.15, -0.1) is 0 Å². The fraction of sp³-hybridized carbons (Fsp3) is 0.130. The summed E-state index contributed by atoms with van der Waals surface area (Å²) in [5, 5.41) is 11.8. The molecule has 0 amide bonds. The molecule has 0 saturated heterocycles. The van der Waals surface area contributed by atoms with Crippen molar-refractivity contribution in [2.75, 3.05) is 0 Å². The number of aryl methyl sites for hydroxylation is 2. The quantitative estimate of drug-likeness (QED) is 0.499. The molecule has 3 aromatic carbocycles. The van der Waals surface area contributed by atoms with E-state index in [2.05, 4.69) is 49.2 Å². The number of H-pyrrole nitrogens is 1. The van der Waals surface area contributed by atoms with Crippen molar-refractivity contribution in [3.05, 3.63) is 101 Å². The summed E-state index contributed by atoms with van der Waals surface area (Å²) in [6.07, 6.45) is 0. The second kappa shape index (κ2) is 6.14. The molecule has 1 unspecified atom stereocenters. The highest BCUT2D eigenvalue weighted by Crippen LogP contribution is 2.39. The van der Waals surface area contributed by atoms with Crippen LogP contribution < -0.4 is 0 Å². The lowest BCUT2D eigenvalue weighted by molar-refractivity contribution is 0.467. The first-order valence-corrected chi connectivity index (χ1v) is 8.57. The minimum Gasteiger partial charge on any atom is -0.508 e. The van der Waals surface area contributed by atoms with Gasteiger partial charge in [0.05, 0.1) is 5.92 Å². The van der Waals surface area contributed by atoms with E-state index in [0.29, 0.717) is 5.75 Å². The molecule has 1 aromatic heterocycles. The van der Waals surface area contributed by atoms with Crippen LogP contribution in [-0.4, -0.2) is 10.1 Å². The van der Waals surface area contributed by atoms with E-state index in [1.165, 1.54) is 22.0 Å². The first-order valence-electron chi connectivity index (χ1n) is 8.57. The van der Waals surface area contributed by atoms with E-state index in [-0.39, 0.29) is 5.92 Å². The van der Waals surface area contributed by atoms with Crippen LogP contribution in [0, 0.1) is 13.8 Å². The Morgan fingerprint density at radius 3 is 2.24 bits per heavy atom. The van der Waals surface area contributed by atoms with Crippen LogP contribution in [0.25, 0.3) is 10.9 Å². The number of rotatable bonds is 3. The Morgan fingerprint density at radius 2 is 1.52 bits per heavy atom. The number of benzene rings is 3. The summed E-state index contributed by atoms with van der Waals surface area (Å²) < 4.78 is 0. The first-order chi connectivity index (χ1) is 12.2. The van der Waals surface area contributed by atoms with Crippen LogP contribution in [-0.2, 0) is 0 Å². The zero-order valence-electron chi connectivity index (χ0n) is 14.5. The maximum absolute atomic E-state index is 10.5. The number of nitrogens with one attached hydrogen (secondary N) is 1. The van der Waals surface area contributed by atoms with Crippen LogP contribution in [0.3, 0.4) is 0 Å². The van der Waals surface area contributed by atoms with Gasteiger partial charge in [-0.05, 0) is 36.6 Å². The topological polar surface area (TPSA) is 36.0 Å². The van der Waals surface area contributed by atoms with E-state index in [1.54, 1.807) is 6.07 Å². The SMILES string of the molecule is Cc1c(C(c2ccccc2)c2ccccc2O)[nH]c2c(C)cccc12. The maximum atomic E-state index is 10.5. The molecule has 2 nitrogen and oxygen atoms in total. The van der Waals surface area contributed by atoms with Crippen molar-refractivity contribution in [2.24, 2.45) is 0 Å². The lowest BCUT2D eigenvalue weighted by atomic mass is 9.86. The van der Waals surface area contributed by atoms with E-state index in [4.69, 9.17) is 0 Å². The summed E-state index contributed by atoms with van der Waals surface area (Å²) in [6.45, 7) is 4.28. The van der Waals surface area contributed by atoms with Crippen molar-refractivity contribution >= 4 is 10.9 Å². The fourth-order valence-corrected chi connectivity index (χ4v) is 3.69. The molecule has 1 heterocycles. The molecular weight excluding hydrogens is 306 g/mol. The Balaban J connectivity index is 2.01. The molecule has 0 bridgehead atoms. The van der Waals surface area contributed by atoms with E-state index in [1.807, 2.05) is 36.4 Å². The molecule has 4 rings (SSSR count). The number of hydrogen-bond donors (Lipinski definition) is 2. The smallest absolute Gasteiger partial charge is 0.119 e. The summed E-state index contributed by atoms with van der Waals surface area (Å²) >= 11 is 0. The van der Waals surface area contributed by atoms with E-state index < -0.39 is 0 Å². The molecular formula is C23H21NO. The van der Waals surface area contributed by atoms with Crippen molar-refractivity contribution in [3.8, 4) is 5.75 Å². The average Bonchev–Trinajstić information content (AvgIpc) is 2.96. The molecule has 0 aliphatic heterocycles. The fourth-order valence-electron chi connectivity index (χ4n) is 3.69. The van der Waals surface area contributed by atoms with E-state index in [9.17, 15) is 5.11 Å². The molecule has 2 N–H and O–H groups in total. The first kappa shape index (κ1) is 15.5. The van der Waals surface area contributed by atoms with Crippen LogP contribution in [0.4, 0.5) is 0 Å². The Morgan fingerprint density at radius 1 is 0.800 bits per heavy atom. The summed E-state index contributed by atoms with van der Waals surface area (Å²) in [4.78, 5) is 3.65. The molecule has 0 aliphatic carbocycles. The number of fused-ring (bicyclic) bond motifs is 1. The molecule has 124 valence electrons. The lowest BCUT2D eigenvalue weighted by Gasteiger charge is -2.19. The Hall–Kier alpha value is -3.00. The van der Waals surface area contributed by atoms with E-state index >= 15 is 0 Å². The predicted octanol–water partition coefficient (Wildman–Crippen LogP) is 5.67. The van der Waals surface area contributed by atoms with E-state index in [0.717, 1.165) is 16.8 Å². The number of hydrogen-bond acceptors (Lipinski definition) is 1. The van der Waals surface area contributed by atoms with Gasteiger partial charge in [0.2, 0.25) is 0 Å². The lowest BCUT2D eigenvalue weighted by Crippen LogP contribution is -2.05. The zero-order valence-corrected chi connectivity index (χ0v) is 14.5. The van der Waals surface area contributed by atoms with Gasteiger partial charge in [0.15, 0.2) is 0 Å². The summed E-state index contributed by atoms with van der Waals surface area (Å²) in [7, 11) is 0. The van der Waals surface area contributed by atoms with Gasteiger partial charge in [-0.1, -0.05) is 66.7 Å². The Bertz CT molecular complexity index is 1030. The molecule has 0 fully saturated rings. The second-order valence-electron chi connectivity index (χ2n) is 6.56. The molecule has 4 aromatic rings. The molecule has 1 atom stereocenters. The number of aromatic nitrogens is 1. The van der Waals surface area contributed by atoms with Gasteiger partial charge in [0, 0.05) is 22.2 Å². The van der Waals surface area contributed by atoms with Gasteiger partial charge in [0.25, 0.3) is 0 Å². The standard InChI is InChI=1S/C23H21NO/c1-15-9-8-13-18-16(2)23(24-22(15)18)21(17-10-4-3-5-11-17)19-12-6-7-14-20(19)25/h3-14,21,24-25H,1-2H3. The largest absolute Gasteiger partial charge is 0.508 e. The summed E-state index contributed by atoms with van der Waals surface area (Å²) in [6, 6.07) is 24.3.